The highest BCUT2D eigenvalue weighted by Gasteiger charge is 2.28. The molecule has 0 atom stereocenters. The van der Waals surface area contributed by atoms with Crippen LogP contribution in [0.25, 0.3) is 0 Å². The van der Waals surface area contributed by atoms with Gasteiger partial charge < -0.3 is 13.9 Å². The molecule has 0 radical (unpaired) electrons. The monoisotopic (exact) mass is 285 g/mol. The molecule has 5 nitrogen and oxygen atoms in total. The molecule has 6 heteroatoms. The zero-order valence-electron chi connectivity index (χ0n) is 11.5. The Balaban J connectivity index is 2.75. The Kier molecular flexibility index (Phi) is 6.22. The van der Waals surface area contributed by atoms with Crippen LogP contribution in [0.3, 0.4) is 0 Å². The molecule has 1 aromatic rings. The van der Waals surface area contributed by atoms with Crippen LogP contribution in [0.5, 0.6) is 0 Å². The second kappa shape index (κ2) is 7.43. The van der Waals surface area contributed by atoms with E-state index in [-0.39, 0.29) is 25.4 Å². The average Bonchev–Trinajstić information content (AvgIpc) is 2.39. The summed E-state index contributed by atoms with van der Waals surface area (Å²) in [5, 5.41) is 0. The Hall–Kier alpha value is -1.16. The highest BCUT2D eigenvalue weighted by molar-refractivity contribution is 7.53. The second-order valence-corrected chi connectivity index (χ2v) is 5.98. The maximum atomic E-state index is 12.3. The number of hydrogen-bond acceptors (Lipinski definition) is 4. The molecule has 0 saturated heterocycles. The zero-order valence-corrected chi connectivity index (χ0v) is 12.4. The van der Waals surface area contributed by atoms with Crippen molar-refractivity contribution in [1.29, 1.82) is 0 Å². The van der Waals surface area contributed by atoms with Crippen LogP contribution in [0.15, 0.2) is 30.3 Å². The smallest absolute Gasteiger partial charge is 0.330 e. The number of carbonyl (C=O) groups is 1. The van der Waals surface area contributed by atoms with Crippen molar-refractivity contribution in [3.63, 3.8) is 0 Å². The molecule has 1 rings (SSSR count). The van der Waals surface area contributed by atoms with E-state index >= 15 is 0 Å². The molecule has 0 heterocycles. The van der Waals surface area contributed by atoms with Gasteiger partial charge in [0.15, 0.2) is 0 Å². The van der Waals surface area contributed by atoms with E-state index in [0.717, 1.165) is 0 Å². The van der Waals surface area contributed by atoms with Crippen molar-refractivity contribution in [2.24, 2.45) is 0 Å². The Morgan fingerprint density at radius 3 is 2.16 bits per heavy atom. The Labute approximate surface area is 114 Å². The van der Waals surface area contributed by atoms with E-state index in [2.05, 4.69) is 0 Å². The van der Waals surface area contributed by atoms with E-state index in [9.17, 15) is 9.36 Å². The van der Waals surface area contributed by atoms with E-state index < -0.39 is 7.60 Å². The largest absolute Gasteiger partial charge is 0.349 e. The Morgan fingerprint density at radius 1 is 1.16 bits per heavy atom. The first kappa shape index (κ1) is 15.9. The normalized spacial score (nSPS) is 11.3. The Morgan fingerprint density at radius 2 is 1.68 bits per heavy atom. The number of amides is 1. The highest BCUT2D eigenvalue weighted by atomic mass is 31.2. The highest BCUT2D eigenvalue weighted by Crippen LogP contribution is 2.48. The molecule has 0 aromatic heterocycles. The third-order valence-corrected chi connectivity index (χ3v) is 4.48. The molecule has 19 heavy (non-hydrogen) atoms. The molecular formula is C13H20NO4P. The molecule has 0 spiro atoms. The molecular weight excluding hydrogens is 265 g/mol. The molecule has 106 valence electrons. The van der Waals surface area contributed by atoms with Gasteiger partial charge in [0, 0.05) is 12.6 Å². The second-order valence-electron chi connectivity index (χ2n) is 3.96. The first-order valence-corrected chi connectivity index (χ1v) is 7.94. The summed E-state index contributed by atoms with van der Waals surface area (Å²) in [6, 6.07) is 8.83. The number of benzene rings is 1. The van der Waals surface area contributed by atoms with Gasteiger partial charge in [-0.1, -0.05) is 18.2 Å². The van der Waals surface area contributed by atoms with Gasteiger partial charge in [0.05, 0.1) is 13.2 Å². The lowest BCUT2D eigenvalue weighted by Crippen LogP contribution is -2.28. The molecule has 1 amide bonds. The van der Waals surface area contributed by atoms with Crippen LogP contribution in [0.4, 0.5) is 0 Å². The van der Waals surface area contributed by atoms with Gasteiger partial charge in [0.2, 0.25) is 0 Å². The van der Waals surface area contributed by atoms with Crippen molar-refractivity contribution in [1.82, 2.24) is 4.90 Å². The lowest BCUT2D eigenvalue weighted by Gasteiger charge is -2.23. The van der Waals surface area contributed by atoms with Crippen molar-refractivity contribution in [3.8, 4) is 0 Å². The predicted molar refractivity (Wildman–Crippen MR) is 74.3 cm³/mol. The average molecular weight is 285 g/mol. The molecule has 0 unspecified atom stereocenters. The van der Waals surface area contributed by atoms with E-state index in [1.54, 1.807) is 45.2 Å². The van der Waals surface area contributed by atoms with Gasteiger partial charge in [0.1, 0.15) is 6.29 Å². The van der Waals surface area contributed by atoms with Crippen molar-refractivity contribution < 1.29 is 18.4 Å². The van der Waals surface area contributed by atoms with Gasteiger partial charge in [-0.25, -0.2) is 0 Å². The minimum absolute atomic E-state index is 0.0532. The summed E-state index contributed by atoms with van der Waals surface area (Å²) in [6.45, 7) is 4.05. The van der Waals surface area contributed by atoms with Gasteiger partial charge in [-0.3, -0.25) is 9.36 Å². The zero-order chi connectivity index (χ0) is 14.3. The van der Waals surface area contributed by atoms with Crippen LogP contribution in [-0.2, 0) is 13.6 Å². The lowest BCUT2D eigenvalue weighted by atomic mass is 10.2. The third kappa shape index (κ3) is 4.78. The van der Waals surface area contributed by atoms with Crippen molar-refractivity contribution >= 4 is 13.5 Å². The maximum absolute atomic E-state index is 12.3. The van der Waals surface area contributed by atoms with E-state index in [4.69, 9.17) is 9.05 Å². The number of nitrogens with zero attached hydrogens (tertiary/aromatic N) is 1. The molecule has 0 fully saturated rings. The van der Waals surface area contributed by atoms with Crippen LogP contribution in [0, 0.1) is 0 Å². The van der Waals surface area contributed by atoms with Crippen LogP contribution < -0.4 is 0 Å². The molecule has 0 bridgehead atoms. The molecule has 0 aliphatic carbocycles. The van der Waals surface area contributed by atoms with E-state index in [0.29, 0.717) is 5.56 Å². The summed E-state index contributed by atoms with van der Waals surface area (Å²) in [5.74, 6) is -0.208. The number of rotatable bonds is 7. The third-order valence-electron chi connectivity index (χ3n) is 2.40. The number of carbonyl (C=O) groups excluding carboxylic acids is 1. The minimum Gasteiger partial charge on any atom is -0.330 e. The number of hydrogen-bond donors (Lipinski definition) is 0. The van der Waals surface area contributed by atoms with Crippen LogP contribution in [0.2, 0.25) is 0 Å². The first-order chi connectivity index (χ1) is 9.02. The SMILES string of the molecule is CCOP(=O)(CN(C)C(=O)c1ccccc1)OCC. The Bertz CT molecular complexity index is 439. The van der Waals surface area contributed by atoms with Gasteiger partial charge in [-0.15, -0.1) is 0 Å². The van der Waals surface area contributed by atoms with Gasteiger partial charge in [-0.05, 0) is 26.0 Å². The summed E-state index contributed by atoms with van der Waals surface area (Å²) in [5.41, 5.74) is 0.546. The van der Waals surface area contributed by atoms with Gasteiger partial charge in [0.25, 0.3) is 5.91 Å². The van der Waals surface area contributed by atoms with Crippen LogP contribution in [-0.4, -0.2) is 37.4 Å². The van der Waals surface area contributed by atoms with Crippen molar-refractivity contribution in [2.75, 3.05) is 26.5 Å². The fraction of sp³-hybridized carbons (Fsp3) is 0.462. The molecule has 0 aliphatic rings. The minimum atomic E-state index is -3.24. The fourth-order valence-corrected chi connectivity index (χ4v) is 3.31. The quantitative estimate of drug-likeness (QED) is 0.723. The molecule has 0 saturated carbocycles. The summed E-state index contributed by atoms with van der Waals surface area (Å²) in [6.07, 6.45) is -0.0532. The molecule has 1 aromatic carbocycles. The molecule has 0 aliphatic heterocycles. The van der Waals surface area contributed by atoms with E-state index in [1.807, 2.05) is 6.07 Å². The van der Waals surface area contributed by atoms with Gasteiger partial charge in [-0.2, -0.15) is 0 Å². The lowest BCUT2D eigenvalue weighted by molar-refractivity contribution is 0.0801. The summed E-state index contributed by atoms with van der Waals surface area (Å²) >= 11 is 0. The van der Waals surface area contributed by atoms with Gasteiger partial charge >= 0.3 is 7.60 Å². The van der Waals surface area contributed by atoms with Crippen LogP contribution >= 0.6 is 7.60 Å². The standard InChI is InChI=1S/C13H20NO4P/c1-4-17-19(16,18-5-2)11-14(3)13(15)12-9-7-6-8-10-12/h6-10H,4-5,11H2,1-3H3. The predicted octanol–water partition coefficient (Wildman–Crippen LogP) is 2.98. The summed E-state index contributed by atoms with van der Waals surface area (Å²) < 4.78 is 22.7. The maximum Gasteiger partial charge on any atom is 0.349 e. The van der Waals surface area contributed by atoms with Crippen LogP contribution in [0.1, 0.15) is 24.2 Å². The summed E-state index contributed by atoms with van der Waals surface area (Å²) in [7, 11) is -1.66. The van der Waals surface area contributed by atoms with E-state index in [1.165, 1.54) is 4.90 Å². The molecule has 0 N–H and O–H groups in total. The van der Waals surface area contributed by atoms with Crippen molar-refractivity contribution in [3.05, 3.63) is 35.9 Å². The fourth-order valence-electron chi connectivity index (χ4n) is 1.64. The van der Waals surface area contributed by atoms with Crippen molar-refractivity contribution in [2.45, 2.75) is 13.8 Å². The topological polar surface area (TPSA) is 55.8 Å². The first-order valence-electron chi connectivity index (χ1n) is 6.21. The summed E-state index contributed by atoms with van der Waals surface area (Å²) in [4.78, 5) is 13.5.